The minimum atomic E-state index is -1.31. The zero-order chi connectivity index (χ0) is 27.6. The number of hydrogen-bond acceptors (Lipinski definition) is 6. The Hall–Kier alpha value is -4.05. The van der Waals surface area contributed by atoms with Gasteiger partial charge in [0.15, 0.2) is 17.3 Å². The van der Waals surface area contributed by atoms with Crippen molar-refractivity contribution < 1.29 is 28.2 Å². The standard InChI is InChI=1S/C29H30F2N4O4/c1-39-26(18-10-6-3-7-11-18)29(34-22-14-20(30)21(31)15-23(22)35-29)25(17-8-4-2-5-9-17)27(36)33-24-13-12-19(16-32-24)28(37)38/h3,6-7,10-17,25-26,34-35H,2,4-5,8-9H2,1H3,(H,37,38)(H,32,33,36)/t25-,26?/m1/s1. The highest BCUT2D eigenvalue weighted by Gasteiger charge is 2.56. The highest BCUT2D eigenvalue weighted by Crippen LogP contribution is 2.50. The number of carbonyl (C=O) groups excluding carboxylic acids is 1. The normalized spacial score (nSPS) is 17.8. The Kier molecular flexibility index (Phi) is 7.47. The molecule has 0 spiro atoms. The number of hydrogen-bond donors (Lipinski definition) is 4. The molecule has 1 amide bonds. The second-order valence-corrected chi connectivity index (χ2v) is 10.1. The molecule has 3 aromatic rings. The summed E-state index contributed by atoms with van der Waals surface area (Å²) < 4.78 is 34.7. The number of pyridine rings is 1. The lowest BCUT2D eigenvalue weighted by Gasteiger charge is -2.46. The first-order valence-electron chi connectivity index (χ1n) is 13.0. The molecule has 1 aliphatic carbocycles. The van der Waals surface area contributed by atoms with Gasteiger partial charge in [-0.1, -0.05) is 49.6 Å². The Bertz CT molecular complexity index is 1320. The summed E-state index contributed by atoms with van der Waals surface area (Å²) in [4.78, 5) is 29.6. The highest BCUT2D eigenvalue weighted by molar-refractivity contribution is 5.95. The molecule has 8 nitrogen and oxygen atoms in total. The smallest absolute Gasteiger partial charge is 0.337 e. The van der Waals surface area contributed by atoms with Crippen molar-refractivity contribution in [1.82, 2.24) is 4.98 Å². The predicted molar refractivity (Wildman–Crippen MR) is 142 cm³/mol. The maximum atomic E-state index is 14.3. The first-order valence-corrected chi connectivity index (χ1v) is 13.0. The van der Waals surface area contributed by atoms with E-state index in [4.69, 9.17) is 4.74 Å². The fourth-order valence-corrected chi connectivity index (χ4v) is 5.95. The van der Waals surface area contributed by atoms with Crippen LogP contribution in [-0.2, 0) is 9.53 Å². The molecule has 39 heavy (non-hydrogen) atoms. The van der Waals surface area contributed by atoms with Crippen LogP contribution >= 0.6 is 0 Å². The number of anilines is 3. The topological polar surface area (TPSA) is 113 Å². The number of nitrogens with one attached hydrogen (secondary N) is 3. The molecule has 4 N–H and O–H groups in total. The number of nitrogens with zero attached hydrogens (tertiary/aromatic N) is 1. The number of carboxylic acid groups (broad SMARTS) is 1. The molecule has 204 valence electrons. The lowest BCUT2D eigenvalue weighted by Crippen LogP contribution is -2.60. The Morgan fingerprint density at radius 3 is 2.21 bits per heavy atom. The second kappa shape index (κ2) is 11.0. The van der Waals surface area contributed by atoms with E-state index in [0.717, 1.165) is 49.8 Å². The van der Waals surface area contributed by atoms with Gasteiger partial charge >= 0.3 is 5.97 Å². The van der Waals surface area contributed by atoms with E-state index in [1.807, 2.05) is 30.3 Å². The number of ether oxygens (including phenoxy) is 1. The number of fused-ring (bicyclic) bond motifs is 1. The van der Waals surface area contributed by atoms with E-state index in [2.05, 4.69) is 20.9 Å². The van der Waals surface area contributed by atoms with E-state index >= 15 is 0 Å². The summed E-state index contributed by atoms with van der Waals surface area (Å²) in [5, 5.41) is 18.8. The molecule has 1 unspecified atom stereocenters. The summed E-state index contributed by atoms with van der Waals surface area (Å²) in [6.45, 7) is 0. The van der Waals surface area contributed by atoms with Crippen molar-refractivity contribution in [1.29, 1.82) is 0 Å². The number of halogens is 2. The van der Waals surface area contributed by atoms with Crippen molar-refractivity contribution in [3.8, 4) is 0 Å². The van der Waals surface area contributed by atoms with Crippen molar-refractivity contribution in [3.63, 3.8) is 0 Å². The van der Waals surface area contributed by atoms with E-state index in [9.17, 15) is 23.5 Å². The zero-order valence-electron chi connectivity index (χ0n) is 21.4. The van der Waals surface area contributed by atoms with Crippen LogP contribution < -0.4 is 16.0 Å². The van der Waals surface area contributed by atoms with Gasteiger partial charge in [0.05, 0.1) is 22.9 Å². The SMILES string of the molecule is COC(c1ccccc1)C1([C@@H](C(=O)Nc2ccc(C(=O)O)cn2)C2CCCCC2)Nc2cc(F)c(F)cc2N1. The third kappa shape index (κ3) is 5.16. The average Bonchev–Trinajstić information content (AvgIpc) is 3.28. The molecule has 0 bridgehead atoms. The van der Waals surface area contributed by atoms with Gasteiger partial charge < -0.3 is 25.8 Å². The summed E-state index contributed by atoms with van der Waals surface area (Å²) in [5.41, 5.74) is 0.0989. The first-order chi connectivity index (χ1) is 18.8. The fraction of sp³-hybridized carbons (Fsp3) is 0.345. The van der Waals surface area contributed by atoms with E-state index in [-0.39, 0.29) is 23.2 Å². The summed E-state index contributed by atoms with van der Waals surface area (Å²) in [7, 11) is 1.54. The molecule has 1 saturated carbocycles. The molecule has 0 saturated heterocycles. The Morgan fingerprint density at radius 1 is 1.03 bits per heavy atom. The molecule has 2 heterocycles. The quantitative estimate of drug-likeness (QED) is 0.287. The number of carbonyl (C=O) groups is 2. The van der Waals surface area contributed by atoms with Gasteiger partial charge in [0.2, 0.25) is 5.91 Å². The lowest BCUT2D eigenvalue weighted by atomic mass is 9.70. The molecule has 2 aliphatic rings. The van der Waals surface area contributed by atoms with Crippen LogP contribution in [0.4, 0.5) is 26.0 Å². The number of benzene rings is 2. The summed E-state index contributed by atoms with van der Waals surface area (Å²) in [5.74, 6) is -4.18. The van der Waals surface area contributed by atoms with Crippen molar-refractivity contribution >= 4 is 29.1 Å². The molecule has 1 aliphatic heterocycles. The van der Waals surface area contributed by atoms with Crippen LogP contribution in [0.25, 0.3) is 0 Å². The molecular formula is C29H30F2N4O4. The number of methoxy groups -OCH3 is 1. The molecule has 10 heteroatoms. The molecular weight excluding hydrogens is 506 g/mol. The minimum absolute atomic E-state index is 0.00421. The first kappa shape index (κ1) is 26.6. The molecule has 5 rings (SSSR count). The molecule has 2 aromatic carbocycles. The van der Waals surface area contributed by atoms with Crippen LogP contribution in [0, 0.1) is 23.5 Å². The minimum Gasteiger partial charge on any atom is -0.478 e. The maximum Gasteiger partial charge on any atom is 0.337 e. The lowest BCUT2D eigenvalue weighted by molar-refractivity contribution is -0.126. The second-order valence-electron chi connectivity index (χ2n) is 10.1. The van der Waals surface area contributed by atoms with E-state index in [1.165, 1.54) is 25.4 Å². The van der Waals surface area contributed by atoms with E-state index in [1.54, 1.807) is 0 Å². The van der Waals surface area contributed by atoms with Gasteiger partial charge in [0.1, 0.15) is 11.9 Å². The van der Waals surface area contributed by atoms with Crippen molar-refractivity contribution in [2.75, 3.05) is 23.1 Å². The third-order valence-corrected chi connectivity index (χ3v) is 7.65. The van der Waals surface area contributed by atoms with Gasteiger partial charge in [-0.25, -0.2) is 18.6 Å². The van der Waals surface area contributed by atoms with E-state index in [0.29, 0.717) is 11.4 Å². The van der Waals surface area contributed by atoms with Crippen molar-refractivity contribution in [3.05, 3.63) is 83.6 Å². The Morgan fingerprint density at radius 2 is 1.67 bits per heavy atom. The van der Waals surface area contributed by atoms with Crippen LogP contribution in [-0.4, -0.2) is 34.7 Å². The summed E-state index contributed by atoms with van der Waals surface area (Å²) in [6.07, 6.45) is 4.93. The molecule has 1 aromatic heterocycles. The number of aromatic nitrogens is 1. The molecule has 2 atom stereocenters. The van der Waals surface area contributed by atoms with Crippen molar-refractivity contribution in [2.24, 2.45) is 11.8 Å². The number of rotatable bonds is 8. The maximum absolute atomic E-state index is 14.3. The average molecular weight is 537 g/mol. The van der Waals surface area contributed by atoms with Crippen LogP contribution in [0.5, 0.6) is 0 Å². The highest BCUT2D eigenvalue weighted by atomic mass is 19.2. The van der Waals surface area contributed by atoms with Crippen LogP contribution in [0.15, 0.2) is 60.8 Å². The van der Waals surface area contributed by atoms with Crippen LogP contribution in [0.1, 0.15) is 54.1 Å². The largest absolute Gasteiger partial charge is 0.478 e. The van der Waals surface area contributed by atoms with Crippen LogP contribution in [0.3, 0.4) is 0 Å². The number of carboxylic acids is 1. The third-order valence-electron chi connectivity index (χ3n) is 7.65. The summed E-state index contributed by atoms with van der Waals surface area (Å²) in [6, 6.07) is 14.3. The van der Waals surface area contributed by atoms with Gasteiger partial charge in [-0.15, -0.1) is 0 Å². The molecule has 1 fully saturated rings. The van der Waals surface area contributed by atoms with Gasteiger partial charge in [0, 0.05) is 25.4 Å². The van der Waals surface area contributed by atoms with Crippen molar-refractivity contribution in [2.45, 2.75) is 43.9 Å². The van der Waals surface area contributed by atoms with E-state index < -0.39 is 35.3 Å². The summed E-state index contributed by atoms with van der Waals surface area (Å²) >= 11 is 0. The monoisotopic (exact) mass is 536 g/mol. The van der Waals surface area contributed by atoms with Crippen LogP contribution in [0.2, 0.25) is 0 Å². The molecule has 0 radical (unpaired) electrons. The van der Waals surface area contributed by atoms with Gasteiger partial charge in [-0.3, -0.25) is 4.79 Å². The zero-order valence-corrected chi connectivity index (χ0v) is 21.4. The predicted octanol–water partition coefficient (Wildman–Crippen LogP) is 5.81. The fourth-order valence-electron chi connectivity index (χ4n) is 5.95. The number of aromatic carboxylic acids is 1. The van der Waals surface area contributed by atoms with Gasteiger partial charge in [-0.05, 0) is 36.5 Å². The Balaban J connectivity index is 1.61. The van der Waals surface area contributed by atoms with Gasteiger partial charge in [-0.2, -0.15) is 0 Å². The Labute approximate surface area is 224 Å². The van der Waals surface area contributed by atoms with Gasteiger partial charge in [0.25, 0.3) is 0 Å². The number of amides is 1.